The summed E-state index contributed by atoms with van der Waals surface area (Å²) in [4.78, 5) is 41.7. The first kappa shape index (κ1) is 20.3. The number of rotatable bonds is 8. The largest absolute Gasteiger partial charge is 0.445 e. The molecule has 0 unspecified atom stereocenters. The molecule has 1 aliphatic rings. The van der Waals surface area contributed by atoms with Gasteiger partial charge in [-0.2, -0.15) is 0 Å². The van der Waals surface area contributed by atoms with Crippen molar-refractivity contribution in [1.29, 1.82) is 0 Å². The summed E-state index contributed by atoms with van der Waals surface area (Å²) in [6.07, 6.45) is -0.439. The second-order valence-electron chi connectivity index (χ2n) is 6.59. The fourth-order valence-corrected chi connectivity index (χ4v) is 2.91. The lowest BCUT2D eigenvalue weighted by molar-refractivity contribution is -0.203. The van der Waals surface area contributed by atoms with Crippen LogP contribution >= 0.6 is 0 Å². The number of hydrogen-bond acceptors (Lipinski definition) is 5. The van der Waals surface area contributed by atoms with E-state index in [4.69, 9.17) is 9.57 Å². The Bertz CT molecular complexity index is 844. The van der Waals surface area contributed by atoms with E-state index in [-0.39, 0.29) is 25.5 Å². The van der Waals surface area contributed by atoms with Gasteiger partial charge in [0.1, 0.15) is 18.7 Å². The van der Waals surface area contributed by atoms with Gasteiger partial charge in [0.05, 0.1) is 13.7 Å². The number of nitrogens with zero attached hydrogens (tertiary/aromatic N) is 1. The third kappa shape index (κ3) is 5.55. The van der Waals surface area contributed by atoms with E-state index in [1.165, 1.54) is 7.11 Å². The Kier molecular flexibility index (Phi) is 6.80. The quantitative estimate of drug-likeness (QED) is 0.657. The van der Waals surface area contributed by atoms with E-state index >= 15 is 0 Å². The lowest BCUT2D eigenvalue weighted by Gasteiger charge is -2.36. The van der Waals surface area contributed by atoms with Crippen LogP contribution in [0.25, 0.3) is 0 Å². The van der Waals surface area contributed by atoms with Gasteiger partial charge in [-0.3, -0.25) is 14.4 Å². The average Bonchev–Trinajstić information content (AvgIpc) is 2.75. The number of hydroxylamine groups is 2. The average molecular weight is 397 g/mol. The van der Waals surface area contributed by atoms with Crippen LogP contribution in [0.3, 0.4) is 0 Å². The summed E-state index contributed by atoms with van der Waals surface area (Å²) in [5.41, 5.74) is 1.71. The molecule has 1 fully saturated rings. The molecule has 0 bridgehead atoms. The van der Waals surface area contributed by atoms with Gasteiger partial charge in [0.25, 0.3) is 5.91 Å². The fourth-order valence-electron chi connectivity index (χ4n) is 2.91. The molecule has 3 rings (SSSR count). The smallest absolute Gasteiger partial charge is 0.408 e. The van der Waals surface area contributed by atoms with Gasteiger partial charge in [-0.1, -0.05) is 60.7 Å². The van der Waals surface area contributed by atoms with Crippen LogP contribution in [0.15, 0.2) is 60.7 Å². The number of hydrogen-bond donors (Lipinski definition) is 2. The molecule has 1 heterocycles. The summed E-state index contributed by atoms with van der Waals surface area (Å²) < 4.78 is 5.22. The highest BCUT2D eigenvalue weighted by atomic mass is 16.7. The predicted octanol–water partition coefficient (Wildman–Crippen LogP) is 1.41. The van der Waals surface area contributed by atoms with Gasteiger partial charge in [0, 0.05) is 6.42 Å². The number of ether oxygens (including phenoxy) is 1. The van der Waals surface area contributed by atoms with Crippen molar-refractivity contribution < 1.29 is 24.0 Å². The van der Waals surface area contributed by atoms with Crippen molar-refractivity contribution >= 4 is 17.9 Å². The summed E-state index contributed by atoms with van der Waals surface area (Å²) in [6, 6.07) is 17.0. The molecular weight excluding hydrogens is 374 g/mol. The van der Waals surface area contributed by atoms with Crippen LogP contribution in [-0.4, -0.2) is 48.7 Å². The minimum atomic E-state index is -0.884. The Labute approximate surface area is 168 Å². The molecule has 29 heavy (non-hydrogen) atoms. The van der Waals surface area contributed by atoms with Crippen LogP contribution in [0.5, 0.6) is 0 Å². The van der Waals surface area contributed by atoms with E-state index in [0.717, 1.165) is 16.2 Å². The summed E-state index contributed by atoms with van der Waals surface area (Å²) in [6.45, 7) is 0.355. The molecule has 2 N–H and O–H groups in total. The Morgan fingerprint density at radius 3 is 2.28 bits per heavy atom. The van der Waals surface area contributed by atoms with Crippen LogP contribution in [0.4, 0.5) is 4.79 Å². The van der Waals surface area contributed by atoms with Gasteiger partial charge in [0.15, 0.2) is 0 Å². The molecule has 8 nitrogen and oxygen atoms in total. The van der Waals surface area contributed by atoms with Crippen LogP contribution in [0.2, 0.25) is 0 Å². The minimum absolute atomic E-state index is 0.0935. The normalized spacial score (nSPS) is 16.5. The number of amides is 3. The molecule has 8 heteroatoms. The Morgan fingerprint density at radius 1 is 1.07 bits per heavy atom. The fraction of sp³-hybridized carbons (Fsp3) is 0.286. The SMILES string of the molecule is CON1C[C@@H](NC(=O)[C@H](Cc2ccccc2)NC(=O)OCc2ccccc2)C1=O. The Hall–Kier alpha value is -3.39. The number of nitrogens with one attached hydrogen (secondary N) is 2. The predicted molar refractivity (Wildman–Crippen MR) is 104 cm³/mol. The van der Waals surface area contributed by atoms with Gasteiger partial charge in [-0.15, -0.1) is 0 Å². The third-order valence-corrected chi connectivity index (χ3v) is 4.53. The van der Waals surface area contributed by atoms with E-state index < -0.39 is 24.1 Å². The van der Waals surface area contributed by atoms with Crippen molar-refractivity contribution in [2.24, 2.45) is 0 Å². The molecule has 0 radical (unpaired) electrons. The van der Waals surface area contributed by atoms with Gasteiger partial charge in [0.2, 0.25) is 5.91 Å². The minimum Gasteiger partial charge on any atom is -0.445 e. The maximum Gasteiger partial charge on any atom is 0.408 e. The zero-order valence-electron chi connectivity index (χ0n) is 16.0. The van der Waals surface area contributed by atoms with Gasteiger partial charge >= 0.3 is 6.09 Å². The van der Waals surface area contributed by atoms with Crippen molar-refractivity contribution in [2.45, 2.75) is 25.1 Å². The number of β-lactam (4-membered cyclic amide) rings is 1. The number of carbonyl (C=O) groups is 3. The first-order valence-corrected chi connectivity index (χ1v) is 9.24. The maximum absolute atomic E-state index is 12.7. The summed E-state index contributed by atoms with van der Waals surface area (Å²) in [5, 5.41) is 6.40. The standard InChI is InChI=1S/C21H23N3O5/c1-28-24-13-18(20(24)26)22-19(25)17(12-15-8-4-2-5-9-15)23-21(27)29-14-16-10-6-3-7-11-16/h2-11,17-18H,12-14H2,1H3,(H,22,25)(H,23,27)/t17-,18+/m0/s1. The zero-order valence-corrected chi connectivity index (χ0v) is 16.0. The van der Waals surface area contributed by atoms with Crippen LogP contribution < -0.4 is 10.6 Å². The molecule has 0 saturated carbocycles. The highest BCUT2D eigenvalue weighted by Crippen LogP contribution is 2.11. The van der Waals surface area contributed by atoms with Gasteiger partial charge in [-0.25, -0.2) is 9.86 Å². The molecule has 152 valence electrons. The number of benzene rings is 2. The highest BCUT2D eigenvalue weighted by molar-refractivity contribution is 5.94. The van der Waals surface area contributed by atoms with Crippen LogP contribution in [-0.2, 0) is 32.2 Å². The van der Waals surface area contributed by atoms with E-state index in [1.807, 2.05) is 60.7 Å². The molecule has 2 aromatic carbocycles. The Balaban J connectivity index is 1.60. The first-order valence-electron chi connectivity index (χ1n) is 9.24. The molecule has 1 saturated heterocycles. The van der Waals surface area contributed by atoms with Gasteiger partial charge < -0.3 is 15.4 Å². The molecule has 0 spiro atoms. The molecule has 1 aliphatic heterocycles. The topological polar surface area (TPSA) is 97.0 Å². The summed E-state index contributed by atoms with van der Waals surface area (Å²) in [7, 11) is 1.39. The lowest BCUT2D eigenvalue weighted by atomic mass is 10.0. The molecule has 2 atom stereocenters. The van der Waals surface area contributed by atoms with Crippen molar-refractivity contribution in [3.8, 4) is 0 Å². The monoisotopic (exact) mass is 397 g/mol. The van der Waals surface area contributed by atoms with E-state index in [9.17, 15) is 14.4 Å². The number of carbonyl (C=O) groups excluding carboxylic acids is 3. The molecule has 0 aliphatic carbocycles. The second-order valence-corrected chi connectivity index (χ2v) is 6.59. The highest BCUT2D eigenvalue weighted by Gasteiger charge is 2.39. The maximum atomic E-state index is 12.7. The van der Waals surface area contributed by atoms with E-state index in [2.05, 4.69) is 10.6 Å². The van der Waals surface area contributed by atoms with Crippen LogP contribution in [0, 0.1) is 0 Å². The van der Waals surface area contributed by atoms with E-state index in [0.29, 0.717) is 0 Å². The van der Waals surface area contributed by atoms with Crippen molar-refractivity contribution in [3.05, 3.63) is 71.8 Å². The first-order chi connectivity index (χ1) is 14.1. The third-order valence-electron chi connectivity index (χ3n) is 4.53. The van der Waals surface area contributed by atoms with E-state index in [1.54, 1.807) is 0 Å². The van der Waals surface area contributed by atoms with Crippen molar-refractivity contribution in [3.63, 3.8) is 0 Å². The van der Waals surface area contributed by atoms with Crippen molar-refractivity contribution in [1.82, 2.24) is 15.7 Å². The Morgan fingerprint density at radius 2 is 1.69 bits per heavy atom. The molecule has 2 aromatic rings. The van der Waals surface area contributed by atoms with Crippen molar-refractivity contribution in [2.75, 3.05) is 13.7 Å². The zero-order chi connectivity index (χ0) is 20.6. The second kappa shape index (κ2) is 9.70. The molecule has 3 amide bonds. The number of alkyl carbamates (subject to hydrolysis) is 1. The molecule has 0 aromatic heterocycles. The summed E-state index contributed by atoms with van der Waals surface area (Å²) >= 11 is 0. The van der Waals surface area contributed by atoms with Gasteiger partial charge in [-0.05, 0) is 11.1 Å². The molecular formula is C21H23N3O5. The lowest BCUT2D eigenvalue weighted by Crippen LogP contribution is -2.65. The summed E-state index contributed by atoms with van der Waals surface area (Å²) in [5.74, 6) is -0.786. The van der Waals surface area contributed by atoms with Crippen LogP contribution in [0.1, 0.15) is 11.1 Å².